The zero-order valence-corrected chi connectivity index (χ0v) is 17.0. The quantitative estimate of drug-likeness (QED) is 0.408. The van der Waals surface area contributed by atoms with Crippen molar-refractivity contribution in [3.63, 3.8) is 0 Å². The fourth-order valence-corrected chi connectivity index (χ4v) is 4.11. The number of pyridine rings is 2. The average Bonchev–Trinajstić information content (AvgIpc) is 2.99. The van der Waals surface area contributed by atoms with Gasteiger partial charge in [0.1, 0.15) is 11.6 Å². The number of carbonyl (C=O) groups is 2. The number of nitrogens with zero attached hydrogens (tertiary/aromatic N) is 3. The molecule has 1 fully saturated rings. The smallest absolute Gasteiger partial charge is 0.301 e. The molecule has 0 spiro atoms. The number of aryl methyl sites for hydroxylation is 3. The Bertz CT molecular complexity index is 1150. The van der Waals surface area contributed by atoms with E-state index in [1.807, 2.05) is 32.9 Å². The summed E-state index contributed by atoms with van der Waals surface area (Å²) in [4.78, 5) is 35.9. The van der Waals surface area contributed by atoms with Crippen molar-refractivity contribution < 1.29 is 14.7 Å². The van der Waals surface area contributed by atoms with Crippen LogP contribution >= 0.6 is 0 Å². The third-order valence-electron chi connectivity index (χ3n) is 5.25. The summed E-state index contributed by atoms with van der Waals surface area (Å²) in [5.41, 5.74) is 3.94. The summed E-state index contributed by atoms with van der Waals surface area (Å²) in [5, 5.41) is 11.3. The molecule has 1 saturated heterocycles. The van der Waals surface area contributed by atoms with Crippen LogP contribution in [0, 0.1) is 20.8 Å². The van der Waals surface area contributed by atoms with Gasteiger partial charge in [0.25, 0.3) is 5.78 Å². The van der Waals surface area contributed by atoms with Crippen molar-refractivity contribution in [2.75, 3.05) is 4.90 Å². The highest BCUT2D eigenvalue weighted by atomic mass is 16.3. The molecule has 30 heavy (non-hydrogen) atoms. The number of Topliss-reactive ketones (excluding diaryl/α,β-unsaturated/α-hetero) is 1. The first-order valence-corrected chi connectivity index (χ1v) is 9.60. The summed E-state index contributed by atoms with van der Waals surface area (Å²) in [5.74, 6) is -1.32. The number of aromatic nitrogens is 2. The van der Waals surface area contributed by atoms with E-state index in [0.29, 0.717) is 16.9 Å². The van der Waals surface area contributed by atoms with Crippen LogP contribution < -0.4 is 4.90 Å². The number of rotatable bonds is 3. The molecule has 0 bridgehead atoms. The number of ketones is 1. The Kier molecular flexibility index (Phi) is 4.91. The van der Waals surface area contributed by atoms with Gasteiger partial charge < -0.3 is 5.11 Å². The standard InChI is InChI=1S/C24H21N3O3/c1-14-11-15(2)19(16(3)12-14)22(28)20-21(17-7-6-9-25-13-17)27(24(30)23(20)29)18-8-4-5-10-26-18/h4-13,21,28H,1-3H3. The Morgan fingerprint density at radius 3 is 2.33 bits per heavy atom. The molecule has 1 N–H and O–H groups in total. The molecule has 4 rings (SSSR count). The van der Waals surface area contributed by atoms with Crippen LogP contribution in [0.15, 0.2) is 66.6 Å². The van der Waals surface area contributed by atoms with E-state index in [2.05, 4.69) is 9.97 Å². The molecule has 2 aromatic heterocycles. The van der Waals surface area contributed by atoms with E-state index in [9.17, 15) is 14.7 Å². The van der Waals surface area contributed by atoms with Crippen molar-refractivity contribution in [2.45, 2.75) is 26.8 Å². The van der Waals surface area contributed by atoms with Crippen molar-refractivity contribution in [1.82, 2.24) is 9.97 Å². The number of anilines is 1. The molecule has 3 aromatic rings. The second-order valence-corrected chi connectivity index (χ2v) is 7.42. The maximum atomic E-state index is 13.1. The Hall–Kier alpha value is -3.80. The van der Waals surface area contributed by atoms with Gasteiger partial charge in [-0.1, -0.05) is 29.8 Å². The lowest BCUT2D eigenvalue weighted by Gasteiger charge is -2.24. The van der Waals surface area contributed by atoms with Gasteiger partial charge in [0.15, 0.2) is 0 Å². The summed E-state index contributed by atoms with van der Waals surface area (Å²) < 4.78 is 0. The minimum atomic E-state index is -0.825. The molecular formula is C24H21N3O3. The number of hydrogen-bond acceptors (Lipinski definition) is 5. The predicted octanol–water partition coefficient (Wildman–Crippen LogP) is 4.03. The van der Waals surface area contributed by atoms with Crippen LogP contribution in [0.5, 0.6) is 0 Å². The van der Waals surface area contributed by atoms with Gasteiger partial charge in [-0.05, 0) is 55.7 Å². The van der Waals surface area contributed by atoms with Gasteiger partial charge in [-0.15, -0.1) is 0 Å². The molecule has 3 heterocycles. The number of aliphatic hydroxyl groups excluding tert-OH is 1. The Morgan fingerprint density at radius 2 is 1.73 bits per heavy atom. The number of hydrogen-bond donors (Lipinski definition) is 1. The van der Waals surface area contributed by atoms with E-state index < -0.39 is 17.7 Å². The second kappa shape index (κ2) is 7.55. The molecule has 0 radical (unpaired) electrons. The van der Waals surface area contributed by atoms with Crippen LogP contribution in [0.25, 0.3) is 5.76 Å². The van der Waals surface area contributed by atoms with Crippen LogP contribution in [0.4, 0.5) is 5.82 Å². The molecule has 6 nitrogen and oxygen atoms in total. The first-order valence-electron chi connectivity index (χ1n) is 9.60. The van der Waals surface area contributed by atoms with Gasteiger partial charge in [-0.25, -0.2) is 4.98 Å². The topological polar surface area (TPSA) is 83.4 Å². The van der Waals surface area contributed by atoms with Gasteiger partial charge in [0, 0.05) is 24.2 Å². The molecule has 1 amide bonds. The second-order valence-electron chi connectivity index (χ2n) is 7.42. The third kappa shape index (κ3) is 3.16. The molecule has 150 valence electrons. The molecule has 1 aliphatic rings. The summed E-state index contributed by atoms with van der Waals surface area (Å²) >= 11 is 0. The Balaban J connectivity index is 1.99. The van der Waals surface area contributed by atoms with Gasteiger partial charge >= 0.3 is 5.91 Å². The van der Waals surface area contributed by atoms with Crippen LogP contribution in [-0.2, 0) is 9.59 Å². The Morgan fingerprint density at radius 1 is 1.00 bits per heavy atom. The lowest BCUT2D eigenvalue weighted by Crippen LogP contribution is -2.30. The van der Waals surface area contributed by atoms with Crippen LogP contribution in [0.2, 0.25) is 0 Å². The first kappa shape index (κ1) is 19.5. The normalized spacial score (nSPS) is 18.1. The minimum absolute atomic E-state index is 0.0358. The van der Waals surface area contributed by atoms with Gasteiger partial charge in [0.2, 0.25) is 0 Å². The van der Waals surface area contributed by atoms with E-state index in [0.717, 1.165) is 16.7 Å². The van der Waals surface area contributed by atoms with E-state index in [1.54, 1.807) is 48.9 Å². The van der Waals surface area contributed by atoms with Crippen molar-refractivity contribution in [3.05, 3.63) is 94.4 Å². The van der Waals surface area contributed by atoms with E-state index in [4.69, 9.17) is 0 Å². The lowest BCUT2D eigenvalue weighted by atomic mass is 9.91. The lowest BCUT2D eigenvalue weighted by molar-refractivity contribution is -0.132. The summed E-state index contributed by atoms with van der Waals surface area (Å²) in [6, 6.07) is 11.7. The minimum Gasteiger partial charge on any atom is -0.507 e. The van der Waals surface area contributed by atoms with Crippen molar-refractivity contribution >= 4 is 23.3 Å². The van der Waals surface area contributed by atoms with Crippen LogP contribution in [-0.4, -0.2) is 26.8 Å². The molecule has 0 aliphatic carbocycles. The maximum absolute atomic E-state index is 13.1. The largest absolute Gasteiger partial charge is 0.507 e. The predicted molar refractivity (Wildman–Crippen MR) is 114 cm³/mol. The zero-order valence-electron chi connectivity index (χ0n) is 17.0. The number of aliphatic hydroxyl groups is 1. The molecule has 1 atom stereocenters. The van der Waals surface area contributed by atoms with Crippen LogP contribution in [0.1, 0.15) is 33.9 Å². The molecule has 1 aliphatic heterocycles. The van der Waals surface area contributed by atoms with E-state index in [-0.39, 0.29) is 11.3 Å². The fraction of sp³-hybridized carbons (Fsp3) is 0.167. The van der Waals surface area contributed by atoms with Crippen molar-refractivity contribution in [3.8, 4) is 0 Å². The number of carbonyl (C=O) groups excluding carboxylic acids is 2. The summed E-state index contributed by atoms with van der Waals surface area (Å²) in [6.07, 6.45) is 4.77. The fourth-order valence-electron chi connectivity index (χ4n) is 4.11. The van der Waals surface area contributed by atoms with E-state index >= 15 is 0 Å². The zero-order chi connectivity index (χ0) is 21.4. The van der Waals surface area contributed by atoms with Crippen LogP contribution in [0.3, 0.4) is 0 Å². The van der Waals surface area contributed by atoms with Gasteiger partial charge in [-0.3, -0.25) is 19.5 Å². The molecule has 1 aromatic carbocycles. The van der Waals surface area contributed by atoms with Crippen molar-refractivity contribution in [1.29, 1.82) is 0 Å². The SMILES string of the molecule is Cc1cc(C)c(C(O)=C2C(=O)C(=O)N(c3ccccn3)C2c2cccnc2)c(C)c1. The third-order valence-corrected chi connectivity index (χ3v) is 5.25. The molecule has 1 unspecified atom stereocenters. The highest BCUT2D eigenvalue weighted by Crippen LogP contribution is 2.42. The maximum Gasteiger partial charge on any atom is 0.301 e. The number of amides is 1. The summed E-state index contributed by atoms with van der Waals surface area (Å²) in [7, 11) is 0. The van der Waals surface area contributed by atoms with Gasteiger partial charge in [-0.2, -0.15) is 0 Å². The molecule has 0 saturated carbocycles. The van der Waals surface area contributed by atoms with Crippen molar-refractivity contribution in [2.24, 2.45) is 0 Å². The highest BCUT2D eigenvalue weighted by Gasteiger charge is 2.47. The summed E-state index contributed by atoms with van der Waals surface area (Å²) in [6.45, 7) is 5.73. The number of benzene rings is 1. The molecule has 6 heteroatoms. The average molecular weight is 399 g/mol. The Labute approximate surface area is 174 Å². The highest BCUT2D eigenvalue weighted by molar-refractivity contribution is 6.51. The van der Waals surface area contributed by atoms with E-state index in [1.165, 1.54) is 4.90 Å². The molecular weight excluding hydrogens is 378 g/mol. The van der Waals surface area contributed by atoms with Gasteiger partial charge in [0.05, 0.1) is 11.6 Å². The first-order chi connectivity index (χ1) is 14.4. The monoisotopic (exact) mass is 399 g/mol.